The Morgan fingerprint density at radius 3 is 2.81 bits per heavy atom. The molecule has 2 rings (SSSR count). The zero-order valence-corrected chi connectivity index (χ0v) is 13.5. The number of nitrogens with zero attached hydrogens (tertiary/aromatic N) is 4. The van der Waals surface area contributed by atoms with Crippen LogP contribution >= 0.6 is 11.8 Å². The standard InChI is InChI=1S/C15H23N5S/c1-3-16-13(2)9-7-8-12-21-15-17-18-19-20(15)14-10-5-4-6-11-14/h4-6,10-11,13,16H,3,7-9,12H2,1-2H3. The lowest BCUT2D eigenvalue weighted by Gasteiger charge is -2.11. The summed E-state index contributed by atoms with van der Waals surface area (Å²) in [6, 6.07) is 10.6. The third kappa shape index (κ3) is 5.13. The average molecular weight is 305 g/mol. The van der Waals surface area contributed by atoms with Crippen molar-refractivity contribution >= 4 is 11.8 Å². The van der Waals surface area contributed by atoms with Gasteiger partial charge in [-0.1, -0.05) is 43.3 Å². The summed E-state index contributed by atoms with van der Waals surface area (Å²) in [7, 11) is 0. The molecule has 114 valence electrons. The van der Waals surface area contributed by atoms with Gasteiger partial charge in [0.2, 0.25) is 5.16 Å². The minimum absolute atomic E-state index is 0.606. The summed E-state index contributed by atoms with van der Waals surface area (Å²) in [5, 5.41) is 16.3. The number of hydrogen-bond acceptors (Lipinski definition) is 5. The Kier molecular flexibility index (Phi) is 6.69. The summed E-state index contributed by atoms with van der Waals surface area (Å²) in [6.07, 6.45) is 3.63. The molecule has 1 heterocycles. The number of nitrogens with one attached hydrogen (secondary N) is 1. The molecule has 0 spiro atoms. The predicted octanol–water partition coefficient (Wildman–Crippen LogP) is 2.92. The highest BCUT2D eigenvalue weighted by atomic mass is 32.2. The van der Waals surface area contributed by atoms with Gasteiger partial charge in [-0.2, -0.15) is 4.68 Å². The number of rotatable bonds is 9. The minimum atomic E-state index is 0.606. The van der Waals surface area contributed by atoms with Crippen LogP contribution in [0.25, 0.3) is 5.69 Å². The van der Waals surface area contributed by atoms with Crippen molar-refractivity contribution < 1.29 is 0 Å². The first-order chi connectivity index (χ1) is 10.3. The van der Waals surface area contributed by atoms with Gasteiger partial charge in [0.15, 0.2) is 0 Å². The van der Waals surface area contributed by atoms with Crippen LogP contribution in [0.1, 0.15) is 33.1 Å². The number of para-hydroxylation sites is 1. The van der Waals surface area contributed by atoms with Gasteiger partial charge in [0.25, 0.3) is 0 Å². The highest BCUT2D eigenvalue weighted by Gasteiger charge is 2.08. The van der Waals surface area contributed by atoms with Crippen LogP contribution < -0.4 is 5.32 Å². The molecule has 1 atom stereocenters. The number of unbranched alkanes of at least 4 members (excludes halogenated alkanes) is 1. The van der Waals surface area contributed by atoms with E-state index in [-0.39, 0.29) is 0 Å². The second-order valence-electron chi connectivity index (χ2n) is 5.01. The van der Waals surface area contributed by atoms with E-state index in [0.29, 0.717) is 6.04 Å². The fourth-order valence-corrected chi connectivity index (χ4v) is 3.06. The SMILES string of the molecule is CCNC(C)CCCCSc1nnnn1-c1ccccc1. The molecule has 6 heteroatoms. The molecule has 0 fully saturated rings. The van der Waals surface area contributed by atoms with E-state index in [0.717, 1.165) is 23.1 Å². The number of aromatic nitrogens is 4. The fraction of sp³-hybridized carbons (Fsp3) is 0.533. The Hall–Kier alpha value is -1.40. The summed E-state index contributed by atoms with van der Waals surface area (Å²) in [4.78, 5) is 0. The van der Waals surface area contributed by atoms with Crippen LogP contribution in [-0.2, 0) is 0 Å². The highest BCUT2D eigenvalue weighted by Crippen LogP contribution is 2.19. The lowest BCUT2D eigenvalue weighted by molar-refractivity contribution is 0.510. The van der Waals surface area contributed by atoms with E-state index < -0.39 is 0 Å². The van der Waals surface area contributed by atoms with Crippen LogP contribution in [0, 0.1) is 0 Å². The van der Waals surface area contributed by atoms with Gasteiger partial charge in [-0.25, -0.2) is 0 Å². The topological polar surface area (TPSA) is 55.6 Å². The van der Waals surface area contributed by atoms with Crippen molar-refractivity contribution in [1.29, 1.82) is 0 Å². The van der Waals surface area contributed by atoms with Crippen molar-refractivity contribution in [3.63, 3.8) is 0 Å². The van der Waals surface area contributed by atoms with Crippen LogP contribution in [0.5, 0.6) is 0 Å². The molecule has 1 unspecified atom stereocenters. The molecule has 0 saturated heterocycles. The molecule has 0 radical (unpaired) electrons. The van der Waals surface area contributed by atoms with Gasteiger partial charge in [0, 0.05) is 11.8 Å². The molecule has 2 aromatic rings. The smallest absolute Gasteiger partial charge is 0.214 e. The fourth-order valence-electron chi connectivity index (χ4n) is 2.17. The highest BCUT2D eigenvalue weighted by molar-refractivity contribution is 7.99. The molecule has 0 aliphatic rings. The quantitative estimate of drug-likeness (QED) is 0.570. The molecule has 1 N–H and O–H groups in total. The van der Waals surface area contributed by atoms with E-state index in [4.69, 9.17) is 0 Å². The van der Waals surface area contributed by atoms with Crippen LogP contribution in [0.15, 0.2) is 35.5 Å². The molecular weight excluding hydrogens is 282 g/mol. The van der Waals surface area contributed by atoms with Crippen LogP contribution in [-0.4, -0.2) is 38.5 Å². The van der Waals surface area contributed by atoms with Crippen molar-refractivity contribution in [1.82, 2.24) is 25.5 Å². The van der Waals surface area contributed by atoms with Crippen molar-refractivity contribution in [2.45, 2.75) is 44.3 Å². The summed E-state index contributed by atoms with van der Waals surface area (Å²) < 4.78 is 1.80. The second-order valence-corrected chi connectivity index (χ2v) is 6.07. The Balaban J connectivity index is 1.76. The maximum Gasteiger partial charge on any atom is 0.214 e. The van der Waals surface area contributed by atoms with Gasteiger partial charge in [-0.15, -0.1) is 5.10 Å². The molecule has 1 aromatic carbocycles. The first-order valence-corrected chi connectivity index (χ1v) is 8.49. The van der Waals surface area contributed by atoms with Crippen molar-refractivity contribution in [2.24, 2.45) is 0 Å². The van der Waals surface area contributed by atoms with E-state index in [2.05, 4.69) is 34.7 Å². The largest absolute Gasteiger partial charge is 0.315 e. The van der Waals surface area contributed by atoms with Gasteiger partial charge in [0.1, 0.15) is 0 Å². The summed E-state index contributed by atoms with van der Waals surface area (Å²) >= 11 is 1.72. The number of thioether (sulfide) groups is 1. The zero-order valence-electron chi connectivity index (χ0n) is 12.7. The zero-order chi connectivity index (χ0) is 14.9. The molecule has 0 aliphatic carbocycles. The Morgan fingerprint density at radius 1 is 1.24 bits per heavy atom. The second kappa shape index (κ2) is 8.79. The maximum absolute atomic E-state index is 4.11. The molecular formula is C15H23N5S. The maximum atomic E-state index is 4.11. The number of tetrazole rings is 1. The van der Waals surface area contributed by atoms with E-state index >= 15 is 0 Å². The van der Waals surface area contributed by atoms with Gasteiger partial charge >= 0.3 is 0 Å². The Bertz CT molecular complexity index is 514. The Labute approximate surface area is 130 Å². The van der Waals surface area contributed by atoms with E-state index in [9.17, 15) is 0 Å². The molecule has 0 amide bonds. The molecule has 0 bridgehead atoms. The van der Waals surface area contributed by atoms with Crippen LogP contribution in [0.4, 0.5) is 0 Å². The van der Waals surface area contributed by atoms with Gasteiger partial charge < -0.3 is 5.32 Å². The monoisotopic (exact) mass is 305 g/mol. The van der Waals surface area contributed by atoms with Crippen LogP contribution in [0.2, 0.25) is 0 Å². The lowest BCUT2D eigenvalue weighted by Crippen LogP contribution is -2.25. The number of hydrogen-bond donors (Lipinski definition) is 1. The normalized spacial score (nSPS) is 12.5. The minimum Gasteiger partial charge on any atom is -0.315 e. The van der Waals surface area contributed by atoms with Gasteiger partial charge in [-0.3, -0.25) is 0 Å². The van der Waals surface area contributed by atoms with Gasteiger partial charge in [-0.05, 0) is 48.9 Å². The van der Waals surface area contributed by atoms with E-state index in [1.54, 1.807) is 16.4 Å². The average Bonchev–Trinajstić information content (AvgIpc) is 2.96. The summed E-state index contributed by atoms with van der Waals surface area (Å²) in [5.74, 6) is 1.05. The molecule has 1 aromatic heterocycles. The predicted molar refractivity (Wildman–Crippen MR) is 86.9 cm³/mol. The van der Waals surface area contributed by atoms with Crippen LogP contribution in [0.3, 0.4) is 0 Å². The first kappa shape index (κ1) is 16.0. The summed E-state index contributed by atoms with van der Waals surface area (Å²) in [5.41, 5.74) is 1.01. The van der Waals surface area contributed by atoms with E-state index in [1.165, 1.54) is 19.3 Å². The van der Waals surface area contributed by atoms with E-state index in [1.807, 2.05) is 30.3 Å². The molecule has 0 aliphatic heterocycles. The third-order valence-corrected chi connectivity index (χ3v) is 4.26. The lowest BCUT2D eigenvalue weighted by atomic mass is 10.1. The molecule has 5 nitrogen and oxygen atoms in total. The van der Waals surface area contributed by atoms with Crippen molar-refractivity contribution in [3.8, 4) is 5.69 Å². The molecule has 0 saturated carbocycles. The third-order valence-electron chi connectivity index (χ3n) is 3.26. The number of benzene rings is 1. The van der Waals surface area contributed by atoms with Crippen molar-refractivity contribution in [2.75, 3.05) is 12.3 Å². The Morgan fingerprint density at radius 2 is 2.05 bits per heavy atom. The first-order valence-electron chi connectivity index (χ1n) is 7.51. The summed E-state index contributed by atoms with van der Waals surface area (Å²) in [6.45, 7) is 5.43. The van der Waals surface area contributed by atoms with Gasteiger partial charge in [0.05, 0.1) is 5.69 Å². The van der Waals surface area contributed by atoms with Crippen molar-refractivity contribution in [3.05, 3.63) is 30.3 Å². The molecule has 21 heavy (non-hydrogen) atoms.